The third-order valence-corrected chi connectivity index (χ3v) is 6.29. The number of aliphatic imine (C=N–C) groups is 1. The van der Waals surface area contributed by atoms with Gasteiger partial charge in [-0.2, -0.15) is 0 Å². The lowest BCUT2D eigenvalue weighted by Gasteiger charge is -2.26. The minimum atomic E-state index is 0.855. The van der Waals surface area contributed by atoms with Crippen LogP contribution in [0.1, 0.15) is 31.4 Å². The van der Waals surface area contributed by atoms with Crippen LogP contribution in [0.5, 0.6) is 0 Å². The molecule has 3 fully saturated rings. The largest absolute Gasteiger partial charge is 0.469 e. The van der Waals surface area contributed by atoms with Crippen molar-refractivity contribution in [1.82, 2.24) is 15.1 Å². The number of nitrogens with zero attached hydrogens (tertiary/aromatic N) is 3. The summed E-state index contributed by atoms with van der Waals surface area (Å²) in [6.45, 7) is 8.87. The molecule has 3 heterocycles. The van der Waals surface area contributed by atoms with Gasteiger partial charge in [-0.25, -0.2) is 0 Å². The lowest BCUT2D eigenvalue weighted by Crippen LogP contribution is -2.42. The summed E-state index contributed by atoms with van der Waals surface area (Å²) < 4.78 is 10.9. The van der Waals surface area contributed by atoms with Crippen molar-refractivity contribution in [2.75, 3.05) is 59.0 Å². The van der Waals surface area contributed by atoms with E-state index in [-0.39, 0.29) is 0 Å². The first kappa shape index (κ1) is 18.8. The summed E-state index contributed by atoms with van der Waals surface area (Å²) >= 11 is 0. The average molecular weight is 375 g/mol. The number of nitrogens with one attached hydrogen (secondary N) is 1. The number of rotatable bonds is 6. The minimum Gasteiger partial charge on any atom is -0.469 e. The number of likely N-dealkylation sites (tertiary alicyclic amines) is 1. The van der Waals surface area contributed by atoms with Crippen molar-refractivity contribution in [3.05, 3.63) is 24.2 Å². The second-order valence-electron chi connectivity index (χ2n) is 8.13. The summed E-state index contributed by atoms with van der Waals surface area (Å²) in [4.78, 5) is 9.97. The first-order chi connectivity index (χ1) is 13.4. The number of hydrogen-bond acceptors (Lipinski definition) is 4. The van der Waals surface area contributed by atoms with E-state index in [4.69, 9.17) is 14.1 Å². The topological polar surface area (TPSA) is 53.2 Å². The molecule has 2 saturated heterocycles. The van der Waals surface area contributed by atoms with E-state index in [0.717, 1.165) is 75.9 Å². The molecule has 0 radical (unpaired) electrons. The van der Waals surface area contributed by atoms with Crippen molar-refractivity contribution in [2.24, 2.45) is 16.8 Å². The summed E-state index contributed by atoms with van der Waals surface area (Å²) in [6.07, 6.45) is 8.26. The average Bonchev–Trinajstić information content (AvgIpc) is 3.37. The Morgan fingerprint density at radius 1 is 1.15 bits per heavy atom. The maximum atomic E-state index is 5.47. The normalized spacial score (nSPS) is 27.0. The number of fused-ring (bicyclic) bond motifs is 1. The van der Waals surface area contributed by atoms with E-state index < -0.39 is 0 Å². The van der Waals surface area contributed by atoms with Crippen LogP contribution in [0.2, 0.25) is 0 Å². The van der Waals surface area contributed by atoms with Crippen molar-refractivity contribution < 1.29 is 9.15 Å². The van der Waals surface area contributed by atoms with E-state index in [9.17, 15) is 0 Å². The lowest BCUT2D eigenvalue weighted by atomic mass is 9.82. The number of ether oxygens (including phenoxy) is 1. The highest BCUT2D eigenvalue weighted by Crippen LogP contribution is 2.35. The molecule has 6 heteroatoms. The Morgan fingerprint density at radius 2 is 1.93 bits per heavy atom. The van der Waals surface area contributed by atoms with Crippen molar-refractivity contribution in [3.63, 3.8) is 0 Å². The quantitative estimate of drug-likeness (QED) is 0.611. The smallest absolute Gasteiger partial charge is 0.194 e. The Morgan fingerprint density at radius 3 is 2.63 bits per heavy atom. The van der Waals surface area contributed by atoms with Crippen LogP contribution in [0, 0.1) is 11.8 Å². The van der Waals surface area contributed by atoms with E-state index in [1.807, 2.05) is 12.1 Å². The Balaban J connectivity index is 1.32. The number of morpholine rings is 1. The minimum absolute atomic E-state index is 0.855. The molecule has 1 aromatic heterocycles. The summed E-state index contributed by atoms with van der Waals surface area (Å²) in [5, 5.41) is 3.62. The fourth-order valence-corrected chi connectivity index (χ4v) is 4.72. The maximum absolute atomic E-state index is 5.47. The molecule has 0 aromatic carbocycles. The number of hydrogen-bond donors (Lipinski definition) is 1. The van der Waals surface area contributed by atoms with E-state index in [1.54, 1.807) is 6.26 Å². The summed E-state index contributed by atoms with van der Waals surface area (Å²) in [6, 6.07) is 4.00. The zero-order valence-electron chi connectivity index (χ0n) is 16.4. The lowest BCUT2D eigenvalue weighted by molar-refractivity contribution is 0.0394. The van der Waals surface area contributed by atoms with Crippen LogP contribution in [-0.2, 0) is 11.2 Å². The molecule has 0 spiro atoms. The molecule has 0 amide bonds. The predicted molar refractivity (Wildman–Crippen MR) is 107 cm³/mol. The zero-order valence-corrected chi connectivity index (χ0v) is 16.4. The third-order valence-electron chi connectivity index (χ3n) is 6.29. The molecule has 4 rings (SSSR count). The van der Waals surface area contributed by atoms with Gasteiger partial charge in [-0.15, -0.1) is 0 Å². The summed E-state index contributed by atoms with van der Waals surface area (Å²) in [5.74, 6) is 3.87. The van der Waals surface area contributed by atoms with Crippen LogP contribution in [0.15, 0.2) is 27.8 Å². The van der Waals surface area contributed by atoms with Crippen LogP contribution >= 0.6 is 0 Å². The van der Waals surface area contributed by atoms with Gasteiger partial charge in [-0.3, -0.25) is 9.89 Å². The van der Waals surface area contributed by atoms with E-state index >= 15 is 0 Å². The molecule has 1 aromatic rings. The molecule has 150 valence electrons. The van der Waals surface area contributed by atoms with Crippen LogP contribution in [0.4, 0.5) is 0 Å². The van der Waals surface area contributed by atoms with Gasteiger partial charge in [0.1, 0.15) is 5.76 Å². The van der Waals surface area contributed by atoms with Crippen molar-refractivity contribution in [1.29, 1.82) is 0 Å². The number of furan rings is 1. The van der Waals surface area contributed by atoms with Crippen LogP contribution in [0.25, 0.3) is 0 Å². The van der Waals surface area contributed by atoms with Gasteiger partial charge < -0.3 is 19.4 Å². The molecule has 1 N–H and O–H groups in total. The van der Waals surface area contributed by atoms with Crippen molar-refractivity contribution in [3.8, 4) is 0 Å². The van der Waals surface area contributed by atoms with E-state index in [2.05, 4.69) is 15.1 Å². The van der Waals surface area contributed by atoms with Gasteiger partial charge in [0, 0.05) is 45.7 Å². The molecular formula is C21H34N4O2. The van der Waals surface area contributed by atoms with Gasteiger partial charge in [-0.05, 0) is 36.8 Å². The van der Waals surface area contributed by atoms with E-state index in [0.29, 0.717) is 0 Å². The molecule has 2 atom stereocenters. The molecule has 6 nitrogen and oxygen atoms in total. The fourth-order valence-electron chi connectivity index (χ4n) is 4.72. The number of guanidine groups is 1. The Hall–Kier alpha value is -1.53. The van der Waals surface area contributed by atoms with Gasteiger partial charge >= 0.3 is 0 Å². The second-order valence-corrected chi connectivity index (χ2v) is 8.13. The molecule has 27 heavy (non-hydrogen) atoms. The highest BCUT2D eigenvalue weighted by Gasteiger charge is 2.35. The maximum Gasteiger partial charge on any atom is 0.194 e. The standard InChI is InChI=1S/C21H34N4O2/c1-2-5-19-17-25(16-18(19)4-1)21(22-8-7-20-6-3-13-27-20)23-9-10-24-11-14-26-15-12-24/h3,6,13,18-19H,1-2,4-5,7-12,14-17H2,(H,22,23). The molecule has 0 bridgehead atoms. The highest BCUT2D eigenvalue weighted by molar-refractivity contribution is 5.80. The third kappa shape index (κ3) is 5.26. The first-order valence-corrected chi connectivity index (χ1v) is 10.7. The van der Waals surface area contributed by atoms with Crippen LogP contribution in [-0.4, -0.2) is 74.8 Å². The predicted octanol–water partition coefficient (Wildman–Crippen LogP) is 2.22. The SMILES string of the molecule is c1coc(CCNC(=NCCN2CCOCC2)N2CC3CCCCC3C2)c1. The van der Waals surface area contributed by atoms with Crippen LogP contribution < -0.4 is 5.32 Å². The summed E-state index contributed by atoms with van der Waals surface area (Å²) in [5.41, 5.74) is 0. The van der Waals surface area contributed by atoms with Crippen LogP contribution in [0.3, 0.4) is 0 Å². The van der Waals surface area contributed by atoms with Gasteiger partial charge in [0.05, 0.1) is 26.0 Å². The van der Waals surface area contributed by atoms with E-state index in [1.165, 1.54) is 38.8 Å². The Bertz CT molecular complexity index is 569. The van der Waals surface area contributed by atoms with Gasteiger partial charge in [-0.1, -0.05) is 12.8 Å². The highest BCUT2D eigenvalue weighted by atomic mass is 16.5. The molecule has 3 aliphatic rings. The van der Waals surface area contributed by atoms with Crippen molar-refractivity contribution in [2.45, 2.75) is 32.1 Å². The Kier molecular flexibility index (Phi) is 6.69. The van der Waals surface area contributed by atoms with Gasteiger partial charge in [0.15, 0.2) is 5.96 Å². The fraction of sp³-hybridized carbons (Fsp3) is 0.762. The molecule has 2 aliphatic heterocycles. The second kappa shape index (κ2) is 9.60. The zero-order chi connectivity index (χ0) is 18.3. The first-order valence-electron chi connectivity index (χ1n) is 10.7. The van der Waals surface area contributed by atoms with Gasteiger partial charge in [0.25, 0.3) is 0 Å². The molecule has 2 unspecified atom stereocenters. The molecular weight excluding hydrogens is 340 g/mol. The monoisotopic (exact) mass is 374 g/mol. The molecule has 1 saturated carbocycles. The molecule has 1 aliphatic carbocycles. The van der Waals surface area contributed by atoms with Crippen molar-refractivity contribution >= 4 is 5.96 Å². The Labute approximate surface area is 162 Å². The summed E-state index contributed by atoms with van der Waals surface area (Å²) in [7, 11) is 0. The van der Waals surface area contributed by atoms with Gasteiger partial charge in [0.2, 0.25) is 0 Å².